The van der Waals surface area contributed by atoms with E-state index in [1.807, 2.05) is 33.0 Å². The zero-order chi connectivity index (χ0) is 21.1. The molecule has 0 bridgehead atoms. The van der Waals surface area contributed by atoms with E-state index < -0.39 is 0 Å². The van der Waals surface area contributed by atoms with E-state index in [1.54, 1.807) is 0 Å². The number of anilines is 1. The van der Waals surface area contributed by atoms with Crippen LogP contribution in [0.5, 0.6) is 0 Å². The molecule has 0 aliphatic carbocycles. The summed E-state index contributed by atoms with van der Waals surface area (Å²) in [6, 6.07) is 16.6. The smallest absolute Gasteiger partial charge is 0.239 e. The first-order valence-corrected chi connectivity index (χ1v) is 11.4. The monoisotopic (exact) mass is 434 g/mol. The Morgan fingerprint density at radius 3 is 2.63 bits per heavy atom. The highest BCUT2D eigenvalue weighted by Gasteiger charge is 2.18. The summed E-state index contributed by atoms with van der Waals surface area (Å²) in [6.45, 7) is 5.71. The fourth-order valence-electron chi connectivity index (χ4n) is 3.25. The lowest BCUT2D eigenvalue weighted by Crippen LogP contribution is -2.22. The molecule has 5 nitrogen and oxygen atoms in total. The van der Waals surface area contributed by atoms with Gasteiger partial charge in [-0.1, -0.05) is 54.2 Å². The molecule has 0 fully saturated rings. The minimum Gasteiger partial charge on any atom is -0.301 e. The Hall–Kier alpha value is -2.77. The molecule has 2 heterocycles. The maximum Gasteiger partial charge on any atom is 0.239 e. The molecule has 2 aromatic carbocycles. The van der Waals surface area contributed by atoms with Gasteiger partial charge in [0.2, 0.25) is 5.91 Å². The van der Waals surface area contributed by atoms with Crippen molar-refractivity contribution in [3.05, 3.63) is 76.6 Å². The number of benzene rings is 2. The minimum absolute atomic E-state index is 0.103. The molecule has 0 saturated carbocycles. The van der Waals surface area contributed by atoms with Crippen molar-refractivity contribution in [2.75, 3.05) is 5.32 Å². The van der Waals surface area contributed by atoms with E-state index in [0.717, 1.165) is 22.7 Å². The zero-order valence-electron chi connectivity index (χ0n) is 17.0. The number of thioether (sulfide) groups is 1. The molecule has 0 saturated heterocycles. The fraction of sp³-hybridized carbons (Fsp3) is 0.217. The number of carbonyl (C=O) groups excluding carboxylic acids is 1. The Morgan fingerprint density at radius 2 is 1.83 bits per heavy atom. The van der Waals surface area contributed by atoms with Crippen LogP contribution in [-0.2, 0) is 11.2 Å². The van der Waals surface area contributed by atoms with Crippen LogP contribution in [0.25, 0.3) is 10.8 Å². The lowest BCUT2D eigenvalue weighted by molar-refractivity contribution is -0.115. The number of hydrogen-bond donors (Lipinski definition) is 1. The van der Waals surface area contributed by atoms with E-state index in [-0.39, 0.29) is 11.2 Å². The largest absolute Gasteiger partial charge is 0.301 e. The second kappa shape index (κ2) is 8.93. The maximum atomic E-state index is 12.6. The normalized spacial score (nSPS) is 12.1. The molecular weight excluding hydrogens is 412 g/mol. The van der Waals surface area contributed by atoms with Gasteiger partial charge in [0, 0.05) is 28.9 Å². The van der Waals surface area contributed by atoms with Crippen LogP contribution in [0.2, 0.25) is 0 Å². The summed E-state index contributed by atoms with van der Waals surface area (Å²) < 4.78 is 0. The first-order valence-electron chi connectivity index (χ1n) is 9.69. The second-order valence-corrected chi connectivity index (χ2v) is 9.55. The van der Waals surface area contributed by atoms with Crippen molar-refractivity contribution in [1.82, 2.24) is 15.0 Å². The van der Waals surface area contributed by atoms with Crippen molar-refractivity contribution in [2.24, 2.45) is 0 Å². The van der Waals surface area contributed by atoms with E-state index >= 15 is 0 Å². The van der Waals surface area contributed by atoms with Crippen LogP contribution in [0.1, 0.15) is 28.8 Å². The summed E-state index contributed by atoms with van der Waals surface area (Å²) in [4.78, 5) is 26.9. The van der Waals surface area contributed by atoms with Gasteiger partial charge >= 0.3 is 0 Å². The molecular formula is C23H22N4OS2. The van der Waals surface area contributed by atoms with Crippen molar-refractivity contribution in [1.29, 1.82) is 0 Å². The average molecular weight is 435 g/mol. The summed E-state index contributed by atoms with van der Waals surface area (Å²) in [5.74, 6) is -0.103. The topological polar surface area (TPSA) is 67.8 Å². The van der Waals surface area contributed by atoms with Gasteiger partial charge in [0.1, 0.15) is 0 Å². The predicted octanol–water partition coefficient (Wildman–Crippen LogP) is 5.41. The van der Waals surface area contributed by atoms with Gasteiger partial charge < -0.3 is 5.32 Å². The molecule has 7 heteroatoms. The first kappa shape index (κ1) is 20.5. The third kappa shape index (κ3) is 4.86. The number of nitrogens with zero attached hydrogens (tertiary/aromatic N) is 3. The lowest BCUT2D eigenvalue weighted by atomic mass is 10.0. The van der Waals surface area contributed by atoms with Gasteiger partial charge in [0.25, 0.3) is 0 Å². The number of amides is 1. The van der Waals surface area contributed by atoms with Crippen molar-refractivity contribution in [3.63, 3.8) is 0 Å². The summed E-state index contributed by atoms with van der Waals surface area (Å²) in [5, 5.41) is 6.31. The molecule has 1 atom stereocenters. The molecule has 0 unspecified atom stereocenters. The molecule has 2 aromatic heterocycles. The van der Waals surface area contributed by atoms with Crippen LogP contribution in [0.15, 0.2) is 59.9 Å². The minimum atomic E-state index is -0.323. The fourth-order valence-corrected chi connectivity index (χ4v) is 4.96. The number of nitrogens with one attached hydrogen (secondary N) is 1. The predicted molar refractivity (Wildman–Crippen MR) is 124 cm³/mol. The Bertz CT molecular complexity index is 1180. The molecule has 0 radical (unpaired) electrons. The SMILES string of the molecule is Cc1cc(C)nc(S[C@@H](C)C(=O)Nc2ncc(Cc3cccc4ccccc34)s2)n1. The standard InChI is InChI=1S/C23H22N4OS2/c1-14-11-15(2)26-23(25-14)29-16(3)21(28)27-22-24-13-19(30-22)12-18-9-6-8-17-7-4-5-10-20(17)18/h4-11,13,16H,12H2,1-3H3,(H,24,27,28)/t16-/m0/s1. The number of hydrogen-bond acceptors (Lipinski definition) is 6. The maximum absolute atomic E-state index is 12.6. The van der Waals surface area contributed by atoms with Crippen LogP contribution >= 0.6 is 23.1 Å². The van der Waals surface area contributed by atoms with Crippen molar-refractivity contribution in [2.45, 2.75) is 37.6 Å². The molecule has 4 aromatic rings. The Kier molecular flexibility index (Phi) is 6.11. The highest BCUT2D eigenvalue weighted by molar-refractivity contribution is 8.00. The van der Waals surface area contributed by atoms with Gasteiger partial charge in [-0.3, -0.25) is 4.79 Å². The van der Waals surface area contributed by atoms with E-state index in [1.165, 1.54) is 39.4 Å². The lowest BCUT2D eigenvalue weighted by Gasteiger charge is -2.10. The van der Waals surface area contributed by atoms with Crippen LogP contribution in [0.3, 0.4) is 0 Å². The number of fused-ring (bicyclic) bond motifs is 1. The Balaban J connectivity index is 1.42. The summed E-state index contributed by atoms with van der Waals surface area (Å²) >= 11 is 2.86. The van der Waals surface area contributed by atoms with Gasteiger partial charge in [-0.15, -0.1) is 11.3 Å². The molecule has 1 amide bonds. The van der Waals surface area contributed by atoms with E-state index in [9.17, 15) is 4.79 Å². The molecule has 1 N–H and O–H groups in total. The van der Waals surface area contributed by atoms with E-state index in [0.29, 0.717) is 10.3 Å². The Labute approximate surface area is 184 Å². The molecule has 0 aliphatic rings. The number of thiazole rings is 1. The number of carbonyl (C=O) groups is 1. The molecule has 4 rings (SSSR count). The number of aromatic nitrogens is 3. The van der Waals surface area contributed by atoms with Gasteiger partial charge in [0.15, 0.2) is 10.3 Å². The molecule has 152 valence electrons. The first-order chi connectivity index (χ1) is 14.5. The van der Waals surface area contributed by atoms with Gasteiger partial charge in [-0.2, -0.15) is 0 Å². The summed E-state index contributed by atoms with van der Waals surface area (Å²) in [7, 11) is 0. The quantitative estimate of drug-likeness (QED) is 0.324. The van der Waals surface area contributed by atoms with E-state index in [4.69, 9.17) is 0 Å². The van der Waals surface area contributed by atoms with E-state index in [2.05, 4.69) is 62.7 Å². The molecule has 30 heavy (non-hydrogen) atoms. The van der Waals surface area contributed by atoms with Gasteiger partial charge in [0.05, 0.1) is 5.25 Å². The highest BCUT2D eigenvalue weighted by Crippen LogP contribution is 2.27. The summed E-state index contributed by atoms with van der Waals surface area (Å²) in [6.07, 6.45) is 2.63. The number of aryl methyl sites for hydroxylation is 2. The Morgan fingerprint density at radius 1 is 1.10 bits per heavy atom. The third-order valence-electron chi connectivity index (χ3n) is 4.64. The molecule has 0 spiro atoms. The number of rotatable bonds is 6. The third-order valence-corrected chi connectivity index (χ3v) is 6.52. The van der Waals surface area contributed by atoms with Crippen LogP contribution in [0, 0.1) is 13.8 Å². The van der Waals surface area contributed by atoms with Crippen LogP contribution in [0.4, 0.5) is 5.13 Å². The molecule has 0 aliphatic heterocycles. The van der Waals surface area contributed by atoms with Crippen molar-refractivity contribution >= 4 is 44.9 Å². The highest BCUT2D eigenvalue weighted by atomic mass is 32.2. The average Bonchev–Trinajstić information content (AvgIpc) is 3.14. The van der Waals surface area contributed by atoms with Gasteiger partial charge in [-0.05, 0) is 43.2 Å². The van der Waals surface area contributed by atoms with Crippen LogP contribution in [-0.4, -0.2) is 26.1 Å². The summed E-state index contributed by atoms with van der Waals surface area (Å²) in [5.41, 5.74) is 3.05. The van der Waals surface area contributed by atoms with Crippen molar-refractivity contribution in [3.8, 4) is 0 Å². The van der Waals surface area contributed by atoms with Crippen LogP contribution < -0.4 is 5.32 Å². The second-order valence-electron chi connectivity index (χ2n) is 7.13. The zero-order valence-corrected chi connectivity index (χ0v) is 18.7. The van der Waals surface area contributed by atoms with Gasteiger partial charge in [-0.25, -0.2) is 15.0 Å². The van der Waals surface area contributed by atoms with Crippen molar-refractivity contribution < 1.29 is 4.79 Å².